The molecule has 0 unspecified atom stereocenters. The van der Waals surface area contributed by atoms with Crippen molar-refractivity contribution in [3.8, 4) is 0 Å². The van der Waals surface area contributed by atoms with E-state index in [1.165, 1.54) is 24.2 Å². The predicted molar refractivity (Wildman–Crippen MR) is 84.8 cm³/mol. The van der Waals surface area contributed by atoms with Gasteiger partial charge in [0.2, 0.25) is 0 Å². The van der Waals surface area contributed by atoms with Gasteiger partial charge in [-0.05, 0) is 12.3 Å². The first-order chi connectivity index (χ1) is 10.0. The van der Waals surface area contributed by atoms with Crippen molar-refractivity contribution in [1.82, 2.24) is 9.97 Å². The third kappa shape index (κ3) is 7.32. The zero-order chi connectivity index (χ0) is 15.7. The Morgan fingerprint density at radius 1 is 1.38 bits per heavy atom. The fourth-order valence-electron chi connectivity index (χ4n) is 1.70. The van der Waals surface area contributed by atoms with Crippen LogP contribution in [0.4, 0.5) is 0 Å². The van der Waals surface area contributed by atoms with Crippen molar-refractivity contribution < 1.29 is 9.53 Å². The topological polar surface area (TPSA) is 72.0 Å². The molecule has 1 heterocycles. The van der Waals surface area contributed by atoms with Crippen LogP contribution in [0.25, 0.3) is 0 Å². The number of unbranched alkanes of at least 4 members (excludes halogenated alkanes) is 3. The molecule has 118 valence electrons. The smallest absolute Gasteiger partial charge is 0.316 e. The van der Waals surface area contributed by atoms with E-state index in [2.05, 4.69) is 16.9 Å². The Balaban J connectivity index is 2.37. The van der Waals surface area contributed by atoms with Crippen LogP contribution in [0.1, 0.15) is 58.1 Å². The van der Waals surface area contributed by atoms with E-state index in [4.69, 9.17) is 4.74 Å². The number of rotatable bonds is 9. The van der Waals surface area contributed by atoms with Crippen LogP contribution in [-0.2, 0) is 9.53 Å². The van der Waals surface area contributed by atoms with Crippen molar-refractivity contribution in [3.05, 3.63) is 22.1 Å². The highest BCUT2D eigenvalue weighted by atomic mass is 32.2. The number of carbonyl (C=O) groups excluding carboxylic acids is 1. The molecule has 1 N–H and O–H groups in total. The van der Waals surface area contributed by atoms with Crippen molar-refractivity contribution in [2.24, 2.45) is 0 Å². The number of nitrogens with zero attached hydrogens (tertiary/aromatic N) is 1. The highest BCUT2D eigenvalue weighted by Gasteiger charge is 2.09. The number of hydrogen-bond acceptors (Lipinski definition) is 5. The third-order valence-electron chi connectivity index (χ3n) is 2.92. The van der Waals surface area contributed by atoms with Gasteiger partial charge in [0.25, 0.3) is 5.56 Å². The summed E-state index contributed by atoms with van der Waals surface area (Å²) >= 11 is 1.20. The number of carbonyl (C=O) groups is 1. The van der Waals surface area contributed by atoms with Crippen LogP contribution in [-0.4, -0.2) is 28.3 Å². The molecule has 1 rings (SSSR count). The molecule has 5 nitrogen and oxygen atoms in total. The molecule has 0 radical (unpaired) electrons. The van der Waals surface area contributed by atoms with Crippen LogP contribution in [0.15, 0.2) is 16.0 Å². The molecule has 21 heavy (non-hydrogen) atoms. The third-order valence-corrected chi connectivity index (χ3v) is 3.77. The van der Waals surface area contributed by atoms with Gasteiger partial charge in [0.15, 0.2) is 5.16 Å². The van der Waals surface area contributed by atoms with Crippen molar-refractivity contribution in [3.63, 3.8) is 0 Å². The van der Waals surface area contributed by atoms with Gasteiger partial charge in [0, 0.05) is 6.07 Å². The Labute approximate surface area is 129 Å². The molecule has 0 atom stereocenters. The van der Waals surface area contributed by atoms with E-state index in [1.54, 1.807) is 0 Å². The molecule has 1 aromatic heterocycles. The van der Waals surface area contributed by atoms with E-state index < -0.39 is 0 Å². The van der Waals surface area contributed by atoms with Gasteiger partial charge in [-0.1, -0.05) is 51.8 Å². The normalized spacial score (nSPS) is 10.9. The number of ether oxygens (including phenoxy) is 1. The lowest BCUT2D eigenvalue weighted by Crippen LogP contribution is -2.13. The summed E-state index contributed by atoms with van der Waals surface area (Å²) in [6.07, 6.45) is 4.32. The molecule has 0 amide bonds. The summed E-state index contributed by atoms with van der Waals surface area (Å²) < 4.78 is 5.14. The van der Waals surface area contributed by atoms with Gasteiger partial charge in [0.1, 0.15) is 0 Å². The van der Waals surface area contributed by atoms with Crippen LogP contribution in [0.3, 0.4) is 0 Å². The Morgan fingerprint density at radius 2 is 2.14 bits per heavy atom. The highest BCUT2D eigenvalue weighted by Crippen LogP contribution is 2.15. The monoisotopic (exact) mass is 312 g/mol. The molecule has 0 aromatic carbocycles. The van der Waals surface area contributed by atoms with E-state index in [-0.39, 0.29) is 23.2 Å². The van der Waals surface area contributed by atoms with Crippen molar-refractivity contribution >= 4 is 17.7 Å². The van der Waals surface area contributed by atoms with E-state index in [1.807, 2.05) is 13.8 Å². The minimum absolute atomic E-state index is 0.165. The molecule has 0 bridgehead atoms. The number of thioether (sulfide) groups is 1. The van der Waals surface area contributed by atoms with E-state index >= 15 is 0 Å². The fourth-order valence-corrected chi connectivity index (χ4v) is 2.38. The largest absolute Gasteiger partial charge is 0.465 e. The van der Waals surface area contributed by atoms with Gasteiger partial charge in [-0.3, -0.25) is 9.59 Å². The second kappa shape index (κ2) is 9.60. The molecule has 0 aliphatic heterocycles. The molecule has 0 aliphatic carbocycles. The second-order valence-corrected chi connectivity index (χ2v) is 6.16. The van der Waals surface area contributed by atoms with E-state index in [9.17, 15) is 9.59 Å². The maximum Gasteiger partial charge on any atom is 0.316 e. The zero-order valence-electron chi connectivity index (χ0n) is 13.0. The van der Waals surface area contributed by atoms with Gasteiger partial charge in [-0.25, -0.2) is 4.98 Å². The Morgan fingerprint density at radius 3 is 2.81 bits per heavy atom. The average molecular weight is 312 g/mol. The first kappa shape index (κ1) is 17.8. The number of hydrogen-bond donors (Lipinski definition) is 1. The maximum atomic E-state index is 11.6. The van der Waals surface area contributed by atoms with Gasteiger partial charge in [-0.15, -0.1) is 0 Å². The quantitative estimate of drug-likeness (QED) is 0.328. The Hall–Kier alpha value is -1.30. The lowest BCUT2D eigenvalue weighted by molar-refractivity contribution is -0.140. The second-order valence-electron chi connectivity index (χ2n) is 5.20. The number of aromatic nitrogens is 2. The van der Waals surface area contributed by atoms with Crippen LogP contribution < -0.4 is 5.56 Å². The average Bonchev–Trinajstić information content (AvgIpc) is 2.44. The number of aromatic amines is 1. The maximum absolute atomic E-state index is 11.6. The lowest BCUT2D eigenvalue weighted by Gasteiger charge is -2.07. The molecule has 0 fully saturated rings. The van der Waals surface area contributed by atoms with Crippen molar-refractivity contribution in [2.45, 2.75) is 57.5 Å². The summed E-state index contributed by atoms with van der Waals surface area (Å²) in [7, 11) is 0. The zero-order valence-corrected chi connectivity index (χ0v) is 13.8. The Kier molecular flexibility index (Phi) is 8.12. The standard InChI is InChI=1S/C15H24N2O3S/c1-4-5-6-7-8-20-14(19)10-21-15-16-12(11(2)3)9-13(18)17-15/h9,11H,4-8,10H2,1-3H3,(H,16,17,18). The molecular formula is C15H24N2O3S. The molecular weight excluding hydrogens is 288 g/mol. The van der Waals surface area contributed by atoms with Crippen LogP contribution in [0.5, 0.6) is 0 Å². The van der Waals surface area contributed by atoms with Gasteiger partial charge >= 0.3 is 5.97 Å². The molecule has 1 aromatic rings. The predicted octanol–water partition coefficient (Wildman–Crippen LogP) is 3.11. The van der Waals surface area contributed by atoms with Crippen molar-refractivity contribution in [1.29, 1.82) is 0 Å². The summed E-state index contributed by atoms with van der Waals surface area (Å²) in [5.74, 6) is 0.0735. The summed E-state index contributed by atoms with van der Waals surface area (Å²) in [5, 5.41) is 0.467. The fraction of sp³-hybridized carbons (Fsp3) is 0.667. The molecule has 6 heteroatoms. The highest BCUT2D eigenvalue weighted by molar-refractivity contribution is 7.99. The first-order valence-corrected chi connectivity index (χ1v) is 8.41. The van der Waals surface area contributed by atoms with Crippen molar-refractivity contribution in [2.75, 3.05) is 12.4 Å². The lowest BCUT2D eigenvalue weighted by atomic mass is 10.1. The van der Waals surface area contributed by atoms with Crippen LogP contribution >= 0.6 is 11.8 Å². The summed E-state index contributed by atoms with van der Waals surface area (Å²) in [6.45, 7) is 6.55. The number of nitrogens with one attached hydrogen (secondary N) is 1. The first-order valence-electron chi connectivity index (χ1n) is 7.42. The molecule has 0 aliphatic rings. The summed E-state index contributed by atoms with van der Waals surface area (Å²) in [4.78, 5) is 30.1. The summed E-state index contributed by atoms with van der Waals surface area (Å²) in [5.41, 5.74) is 0.540. The Bertz CT molecular complexity index is 500. The molecule has 0 spiro atoms. The minimum atomic E-state index is -0.269. The van der Waals surface area contributed by atoms with E-state index in [0.717, 1.165) is 25.0 Å². The number of esters is 1. The molecule has 0 saturated carbocycles. The van der Waals surface area contributed by atoms with Crippen LogP contribution in [0, 0.1) is 0 Å². The van der Waals surface area contributed by atoms with Crippen LogP contribution in [0.2, 0.25) is 0 Å². The molecule has 0 saturated heterocycles. The van der Waals surface area contributed by atoms with Gasteiger partial charge in [-0.2, -0.15) is 0 Å². The summed E-state index contributed by atoms with van der Waals surface area (Å²) in [6, 6.07) is 1.49. The SMILES string of the molecule is CCCCCCOC(=O)CSc1nc(C(C)C)cc(=O)[nH]1. The number of H-pyrrole nitrogens is 1. The van der Waals surface area contributed by atoms with Gasteiger partial charge < -0.3 is 9.72 Å². The van der Waals surface area contributed by atoms with Gasteiger partial charge in [0.05, 0.1) is 18.1 Å². The van der Waals surface area contributed by atoms with E-state index in [0.29, 0.717) is 11.8 Å². The minimum Gasteiger partial charge on any atom is -0.465 e.